The zero-order chi connectivity index (χ0) is 10.3. The lowest BCUT2D eigenvalue weighted by Crippen LogP contribution is -1.93. The Morgan fingerprint density at radius 1 is 1.33 bits per heavy atom. The summed E-state index contributed by atoms with van der Waals surface area (Å²) in [6.07, 6.45) is 4.13. The number of aromatic nitrogens is 2. The van der Waals surface area contributed by atoms with Gasteiger partial charge < -0.3 is 4.42 Å². The molecule has 0 saturated heterocycles. The maximum atomic E-state index is 5.32. The Bertz CT molecular complexity index is 477. The number of hydrogen-bond acceptors (Lipinski definition) is 3. The molecular formula is C11H9BrN2O. The molecule has 0 spiro atoms. The van der Waals surface area contributed by atoms with Crippen molar-refractivity contribution in [2.24, 2.45) is 0 Å². The van der Waals surface area contributed by atoms with Gasteiger partial charge >= 0.3 is 0 Å². The lowest BCUT2D eigenvalue weighted by molar-refractivity contribution is 0.579. The van der Waals surface area contributed by atoms with Gasteiger partial charge in [-0.1, -0.05) is 0 Å². The molecule has 0 unspecified atom stereocenters. The first-order valence-electron chi connectivity index (χ1n) is 4.91. The van der Waals surface area contributed by atoms with Crippen molar-refractivity contribution in [3.8, 4) is 11.5 Å². The van der Waals surface area contributed by atoms with E-state index in [1.54, 1.807) is 6.26 Å². The fourth-order valence-corrected chi connectivity index (χ4v) is 1.97. The zero-order valence-corrected chi connectivity index (χ0v) is 9.57. The molecule has 4 heteroatoms. The Morgan fingerprint density at radius 3 is 2.87 bits per heavy atom. The van der Waals surface area contributed by atoms with Gasteiger partial charge in [-0.3, -0.25) is 0 Å². The van der Waals surface area contributed by atoms with E-state index in [0.29, 0.717) is 10.7 Å². The number of furan rings is 1. The van der Waals surface area contributed by atoms with Gasteiger partial charge in [0.05, 0.1) is 6.26 Å². The molecule has 3 rings (SSSR count). The number of nitrogens with zero attached hydrogens (tertiary/aromatic N) is 2. The van der Waals surface area contributed by atoms with Crippen molar-refractivity contribution in [3.63, 3.8) is 0 Å². The Labute approximate surface area is 95.7 Å². The van der Waals surface area contributed by atoms with Gasteiger partial charge in [-0.25, -0.2) is 9.97 Å². The van der Waals surface area contributed by atoms with Crippen LogP contribution in [-0.4, -0.2) is 9.97 Å². The molecule has 2 aromatic rings. The molecule has 0 aromatic carbocycles. The minimum atomic E-state index is 0.623. The first kappa shape index (κ1) is 9.09. The van der Waals surface area contributed by atoms with Crippen LogP contribution in [0.4, 0.5) is 0 Å². The third-order valence-electron chi connectivity index (χ3n) is 2.49. The predicted octanol–water partition coefficient (Wildman–Crippen LogP) is 3.38. The minimum Gasteiger partial charge on any atom is -0.463 e. The standard InChI is InChI=1S/C11H9BrN2O/c12-11-13-8(7-3-4-7)6-9(14-11)10-2-1-5-15-10/h1-2,5-7H,3-4H2. The summed E-state index contributed by atoms with van der Waals surface area (Å²) in [7, 11) is 0. The van der Waals surface area contributed by atoms with Crippen LogP contribution in [0.5, 0.6) is 0 Å². The number of halogens is 1. The maximum absolute atomic E-state index is 5.32. The lowest BCUT2D eigenvalue weighted by Gasteiger charge is -2.01. The van der Waals surface area contributed by atoms with Crippen LogP contribution in [0.15, 0.2) is 33.6 Å². The van der Waals surface area contributed by atoms with Gasteiger partial charge in [-0.15, -0.1) is 0 Å². The third kappa shape index (κ3) is 1.81. The zero-order valence-electron chi connectivity index (χ0n) is 7.98. The molecule has 76 valence electrons. The predicted molar refractivity (Wildman–Crippen MR) is 59.4 cm³/mol. The van der Waals surface area contributed by atoms with Crippen LogP contribution in [0.3, 0.4) is 0 Å². The molecule has 2 heterocycles. The van der Waals surface area contributed by atoms with Crippen molar-refractivity contribution in [2.45, 2.75) is 18.8 Å². The van der Waals surface area contributed by atoms with Gasteiger partial charge in [0.15, 0.2) is 10.5 Å². The highest BCUT2D eigenvalue weighted by atomic mass is 79.9. The van der Waals surface area contributed by atoms with Crippen LogP contribution < -0.4 is 0 Å². The highest BCUT2D eigenvalue weighted by molar-refractivity contribution is 9.10. The van der Waals surface area contributed by atoms with Crippen molar-refractivity contribution in [1.82, 2.24) is 9.97 Å². The van der Waals surface area contributed by atoms with E-state index in [1.165, 1.54) is 12.8 Å². The summed E-state index contributed by atoms with van der Waals surface area (Å²) >= 11 is 3.33. The van der Waals surface area contributed by atoms with Crippen molar-refractivity contribution in [2.75, 3.05) is 0 Å². The summed E-state index contributed by atoms with van der Waals surface area (Å²) in [5.41, 5.74) is 1.96. The molecule has 3 nitrogen and oxygen atoms in total. The smallest absolute Gasteiger partial charge is 0.197 e. The average molecular weight is 265 g/mol. The molecule has 0 aliphatic heterocycles. The molecule has 1 aliphatic carbocycles. The topological polar surface area (TPSA) is 38.9 Å². The second kappa shape index (κ2) is 3.45. The van der Waals surface area contributed by atoms with E-state index >= 15 is 0 Å². The Morgan fingerprint density at radius 2 is 2.20 bits per heavy atom. The molecule has 1 fully saturated rings. The van der Waals surface area contributed by atoms with Crippen LogP contribution in [-0.2, 0) is 0 Å². The van der Waals surface area contributed by atoms with Crippen LogP contribution >= 0.6 is 15.9 Å². The van der Waals surface area contributed by atoms with Gasteiger partial charge in [-0.2, -0.15) is 0 Å². The van der Waals surface area contributed by atoms with Crippen molar-refractivity contribution >= 4 is 15.9 Å². The average Bonchev–Trinajstić information content (AvgIpc) is 2.93. The largest absolute Gasteiger partial charge is 0.463 e. The maximum Gasteiger partial charge on any atom is 0.197 e. The first-order valence-corrected chi connectivity index (χ1v) is 5.70. The van der Waals surface area contributed by atoms with E-state index in [1.807, 2.05) is 18.2 Å². The van der Waals surface area contributed by atoms with Gasteiger partial charge in [0, 0.05) is 11.6 Å². The monoisotopic (exact) mass is 264 g/mol. The number of rotatable bonds is 2. The molecular weight excluding hydrogens is 256 g/mol. The van der Waals surface area contributed by atoms with E-state index in [2.05, 4.69) is 25.9 Å². The minimum absolute atomic E-state index is 0.623. The summed E-state index contributed by atoms with van der Waals surface area (Å²) in [5.74, 6) is 1.41. The van der Waals surface area contributed by atoms with Crippen LogP contribution in [0.1, 0.15) is 24.5 Å². The van der Waals surface area contributed by atoms with Gasteiger partial charge in [0.25, 0.3) is 0 Å². The summed E-state index contributed by atoms with van der Waals surface area (Å²) < 4.78 is 5.96. The normalized spacial score (nSPS) is 15.5. The second-order valence-corrected chi connectivity index (χ2v) is 4.41. The highest BCUT2D eigenvalue weighted by Gasteiger charge is 2.26. The summed E-state index contributed by atoms with van der Waals surface area (Å²) in [4.78, 5) is 8.67. The van der Waals surface area contributed by atoms with Gasteiger partial charge in [0.2, 0.25) is 0 Å². The van der Waals surface area contributed by atoms with Crippen molar-refractivity contribution < 1.29 is 4.42 Å². The fraction of sp³-hybridized carbons (Fsp3) is 0.273. The van der Waals surface area contributed by atoms with E-state index in [9.17, 15) is 0 Å². The van der Waals surface area contributed by atoms with Crippen LogP contribution in [0, 0.1) is 0 Å². The molecule has 0 atom stereocenters. The molecule has 2 aromatic heterocycles. The molecule has 15 heavy (non-hydrogen) atoms. The summed E-state index contributed by atoms with van der Waals surface area (Å²) in [5, 5.41) is 0. The number of hydrogen-bond donors (Lipinski definition) is 0. The van der Waals surface area contributed by atoms with E-state index < -0.39 is 0 Å². The van der Waals surface area contributed by atoms with Crippen LogP contribution in [0.25, 0.3) is 11.5 Å². The molecule has 1 aliphatic rings. The van der Waals surface area contributed by atoms with Crippen LogP contribution in [0.2, 0.25) is 0 Å². The van der Waals surface area contributed by atoms with Crippen molar-refractivity contribution in [3.05, 3.63) is 34.9 Å². The van der Waals surface area contributed by atoms with Crippen molar-refractivity contribution in [1.29, 1.82) is 0 Å². The molecule has 0 radical (unpaired) electrons. The van der Waals surface area contributed by atoms with E-state index in [0.717, 1.165) is 17.1 Å². The SMILES string of the molecule is Brc1nc(-c2ccco2)cc(C2CC2)n1. The lowest BCUT2D eigenvalue weighted by atomic mass is 10.2. The fourth-order valence-electron chi connectivity index (χ4n) is 1.57. The highest BCUT2D eigenvalue weighted by Crippen LogP contribution is 2.40. The first-order chi connectivity index (χ1) is 7.33. The quantitative estimate of drug-likeness (QED) is 0.781. The summed E-state index contributed by atoms with van der Waals surface area (Å²) in [6.45, 7) is 0. The van der Waals surface area contributed by atoms with Gasteiger partial charge in [0.1, 0.15) is 5.69 Å². The Kier molecular flexibility index (Phi) is 2.09. The molecule has 0 amide bonds. The molecule has 1 saturated carbocycles. The summed E-state index contributed by atoms with van der Waals surface area (Å²) in [6, 6.07) is 5.79. The third-order valence-corrected chi connectivity index (χ3v) is 2.84. The van der Waals surface area contributed by atoms with E-state index in [-0.39, 0.29) is 0 Å². The molecule has 0 N–H and O–H groups in total. The Balaban J connectivity index is 2.07. The second-order valence-electron chi connectivity index (χ2n) is 3.70. The molecule has 0 bridgehead atoms. The van der Waals surface area contributed by atoms with E-state index in [4.69, 9.17) is 4.42 Å². The Hall–Kier alpha value is -1.16. The van der Waals surface area contributed by atoms with Gasteiger partial charge in [-0.05, 0) is 47.0 Å².